The van der Waals surface area contributed by atoms with Crippen molar-refractivity contribution < 1.29 is 4.74 Å². The molecule has 1 aromatic carbocycles. The molecular weight excluding hydrogens is 248 g/mol. The van der Waals surface area contributed by atoms with Gasteiger partial charge in [-0.2, -0.15) is 0 Å². The molecule has 20 heavy (non-hydrogen) atoms. The van der Waals surface area contributed by atoms with Crippen LogP contribution in [0.5, 0.6) is 5.75 Å². The van der Waals surface area contributed by atoms with E-state index in [0.717, 1.165) is 11.7 Å². The van der Waals surface area contributed by atoms with E-state index in [1.165, 1.54) is 31.2 Å². The maximum atomic E-state index is 6.07. The molecule has 1 aliphatic carbocycles. The third-order valence-electron chi connectivity index (χ3n) is 4.78. The van der Waals surface area contributed by atoms with Crippen molar-refractivity contribution >= 4 is 0 Å². The van der Waals surface area contributed by atoms with E-state index in [1.807, 2.05) is 6.07 Å². The molecule has 0 aliphatic heterocycles. The summed E-state index contributed by atoms with van der Waals surface area (Å²) in [6.45, 7) is 3.02. The van der Waals surface area contributed by atoms with Crippen LogP contribution in [-0.4, -0.2) is 31.6 Å². The maximum absolute atomic E-state index is 6.07. The molecule has 3 atom stereocenters. The second-order valence-corrected chi connectivity index (χ2v) is 6.02. The van der Waals surface area contributed by atoms with Crippen molar-refractivity contribution in [3.8, 4) is 5.75 Å². The highest BCUT2D eigenvalue weighted by Gasteiger charge is 2.29. The standard InChI is InChI=1S/C17H28N2O/c1-13-7-4-5-10-16(13)19(2)17(12-18)14-8-6-9-15(11-14)20-3/h6,8-9,11,13,16-17H,4-5,7,10,12,18H2,1-3H3. The van der Waals surface area contributed by atoms with Crippen molar-refractivity contribution in [2.24, 2.45) is 11.7 Å². The maximum Gasteiger partial charge on any atom is 0.119 e. The van der Waals surface area contributed by atoms with E-state index in [0.29, 0.717) is 12.6 Å². The van der Waals surface area contributed by atoms with Gasteiger partial charge < -0.3 is 10.5 Å². The molecular formula is C17H28N2O. The quantitative estimate of drug-likeness (QED) is 0.897. The molecule has 3 heteroatoms. The van der Waals surface area contributed by atoms with E-state index in [2.05, 4.69) is 37.1 Å². The number of likely N-dealkylation sites (N-methyl/N-ethyl adjacent to an activating group) is 1. The number of hydrogen-bond acceptors (Lipinski definition) is 3. The molecule has 0 saturated heterocycles. The first kappa shape index (κ1) is 15.3. The van der Waals surface area contributed by atoms with E-state index >= 15 is 0 Å². The van der Waals surface area contributed by atoms with Crippen molar-refractivity contribution in [3.05, 3.63) is 29.8 Å². The van der Waals surface area contributed by atoms with E-state index in [-0.39, 0.29) is 6.04 Å². The van der Waals surface area contributed by atoms with Gasteiger partial charge in [0.15, 0.2) is 0 Å². The van der Waals surface area contributed by atoms with Crippen LogP contribution in [0.1, 0.15) is 44.2 Å². The van der Waals surface area contributed by atoms with E-state index in [4.69, 9.17) is 10.5 Å². The van der Waals surface area contributed by atoms with Gasteiger partial charge in [-0.15, -0.1) is 0 Å². The van der Waals surface area contributed by atoms with Gasteiger partial charge >= 0.3 is 0 Å². The van der Waals surface area contributed by atoms with E-state index < -0.39 is 0 Å². The predicted octanol–water partition coefficient (Wildman–Crippen LogP) is 3.21. The normalized spacial score (nSPS) is 24.6. The zero-order chi connectivity index (χ0) is 14.5. The first-order chi connectivity index (χ1) is 9.67. The Morgan fingerprint density at radius 3 is 2.75 bits per heavy atom. The molecule has 3 unspecified atom stereocenters. The molecule has 1 aliphatic rings. The molecule has 0 heterocycles. The summed E-state index contributed by atoms with van der Waals surface area (Å²) in [5.41, 5.74) is 7.32. The van der Waals surface area contributed by atoms with E-state index in [9.17, 15) is 0 Å². The summed E-state index contributed by atoms with van der Waals surface area (Å²) in [5, 5.41) is 0. The van der Waals surface area contributed by atoms with Crippen LogP contribution in [0.25, 0.3) is 0 Å². The second kappa shape index (κ2) is 7.09. The van der Waals surface area contributed by atoms with Crippen molar-refractivity contribution in [2.75, 3.05) is 20.7 Å². The van der Waals surface area contributed by atoms with Gasteiger partial charge in [0.1, 0.15) is 5.75 Å². The highest BCUT2D eigenvalue weighted by atomic mass is 16.5. The second-order valence-electron chi connectivity index (χ2n) is 6.02. The van der Waals surface area contributed by atoms with Crippen LogP contribution in [0.15, 0.2) is 24.3 Å². The Morgan fingerprint density at radius 1 is 1.35 bits per heavy atom. The summed E-state index contributed by atoms with van der Waals surface area (Å²) in [5.74, 6) is 1.67. The van der Waals surface area contributed by atoms with Crippen molar-refractivity contribution in [1.29, 1.82) is 0 Å². The summed E-state index contributed by atoms with van der Waals surface area (Å²) >= 11 is 0. The predicted molar refractivity (Wildman–Crippen MR) is 84.0 cm³/mol. The van der Waals surface area contributed by atoms with Crippen LogP contribution in [0.4, 0.5) is 0 Å². The molecule has 0 radical (unpaired) electrons. The molecule has 0 spiro atoms. The lowest BCUT2D eigenvalue weighted by Gasteiger charge is -2.40. The Bertz CT molecular complexity index is 421. The number of ether oxygens (including phenoxy) is 1. The molecule has 2 rings (SSSR count). The van der Waals surface area contributed by atoms with Gasteiger partial charge in [-0.25, -0.2) is 0 Å². The molecule has 112 valence electrons. The lowest BCUT2D eigenvalue weighted by atomic mass is 9.84. The highest BCUT2D eigenvalue weighted by Crippen LogP contribution is 2.32. The molecule has 2 N–H and O–H groups in total. The van der Waals surface area contributed by atoms with Crippen LogP contribution in [0.2, 0.25) is 0 Å². The first-order valence-electron chi connectivity index (χ1n) is 7.73. The van der Waals surface area contributed by atoms with Gasteiger partial charge in [-0.3, -0.25) is 4.90 Å². The fraction of sp³-hybridized carbons (Fsp3) is 0.647. The van der Waals surface area contributed by atoms with E-state index in [1.54, 1.807) is 7.11 Å². The Hall–Kier alpha value is -1.06. The summed E-state index contributed by atoms with van der Waals surface area (Å²) in [4.78, 5) is 2.48. The Kier molecular flexibility index (Phi) is 5.44. The lowest BCUT2D eigenvalue weighted by molar-refractivity contribution is 0.0991. The first-order valence-corrected chi connectivity index (χ1v) is 7.73. The largest absolute Gasteiger partial charge is 0.497 e. The van der Waals surface area contributed by atoms with Crippen LogP contribution in [0.3, 0.4) is 0 Å². The number of nitrogens with two attached hydrogens (primary N) is 1. The van der Waals surface area contributed by atoms with Crippen LogP contribution < -0.4 is 10.5 Å². The van der Waals surface area contributed by atoms with Crippen LogP contribution in [-0.2, 0) is 0 Å². The van der Waals surface area contributed by atoms with Crippen molar-refractivity contribution in [1.82, 2.24) is 4.90 Å². The SMILES string of the molecule is COc1cccc(C(CN)N(C)C2CCCCC2C)c1. The minimum Gasteiger partial charge on any atom is -0.497 e. The highest BCUT2D eigenvalue weighted by molar-refractivity contribution is 5.30. The summed E-state index contributed by atoms with van der Waals surface area (Å²) in [6.07, 6.45) is 5.34. The third kappa shape index (κ3) is 3.33. The smallest absolute Gasteiger partial charge is 0.119 e. The van der Waals surface area contributed by atoms with Gasteiger partial charge in [-0.05, 0) is 43.5 Å². The van der Waals surface area contributed by atoms with Gasteiger partial charge in [-0.1, -0.05) is 31.9 Å². The number of rotatable bonds is 5. The number of hydrogen-bond donors (Lipinski definition) is 1. The summed E-state index contributed by atoms with van der Waals surface area (Å²) in [7, 11) is 3.94. The topological polar surface area (TPSA) is 38.5 Å². The van der Waals surface area contributed by atoms with Crippen LogP contribution in [0, 0.1) is 5.92 Å². The van der Waals surface area contributed by atoms with Crippen molar-refractivity contribution in [3.63, 3.8) is 0 Å². The average molecular weight is 276 g/mol. The number of nitrogens with zero attached hydrogens (tertiary/aromatic N) is 1. The van der Waals surface area contributed by atoms with Gasteiger partial charge in [0, 0.05) is 18.6 Å². The lowest BCUT2D eigenvalue weighted by Crippen LogP contribution is -2.43. The fourth-order valence-corrected chi connectivity index (χ4v) is 3.52. The average Bonchev–Trinajstić information content (AvgIpc) is 2.48. The Labute approximate surface area is 123 Å². The summed E-state index contributed by atoms with van der Waals surface area (Å²) in [6, 6.07) is 9.22. The minimum absolute atomic E-state index is 0.274. The molecule has 0 bridgehead atoms. The molecule has 1 fully saturated rings. The zero-order valence-corrected chi connectivity index (χ0v) is 13.0. The zero-order valence-electron chi connectivity index (χ0n) is 13.0. The number of methoxy groups -OCH3 is 1. The monoisotopic (exact) mass is 276 g/mol. The minimum atomic E-state index is 0.274. The van der Waals surface area contributed by atoms with Gasteiger partial charge in [0.05, 0.1) is 7.11 Å². The Balaban J connectivity index is 2.17. The molecule has 1 aromatic rings. The van der Waals surface area contributed by atoms with Gasteiger partial charge in [0.2, 0.25) is 0 Å². The number of benzene rings is 1. The Morgan fingerprint density at radius 2 is 2.10 bits per heavy atom. The molecule has 3 nitrogen and oxygen atoms in total. The van der Waals surface area contributed by atoms with Crippen LogP contribution >= 0.6 is 0 Å². The molecule has 1 saturated carbocycles. The van der Waals surface area contributed by atoms with Gasteiger partial charge in [0.25, 0.3) is 0 Å². The molecule has 0 amide bonds. The fourth-order valence-electron chi connectivity index (χ4n) is 3.52. The van der Waals surface area contributed by atoms with Crippen molar-refractivity contribution in [2.45, 2.75) is 44.7 Å². The summed E-state index contributed by atoms with van der Waals surface area (Å²) < 4.78 is 5.34. The third-order valence-corrected chi connectivity index (χ3v) is 4.78. The molecule has 0 aromatic heterocycles.